The summed E-state index contributed by atoms with van der Waals surface area (Å²) >= 11 is 0. The van der Waals surface area contributed by atoms with E-state index in [1.807, 2.05) is 0 Å². The Morgan fingerprint density at radius 1 is 0.929 bits per heavy atom. The van der Waals surface area contributed by atoms with Gasteiger partial charge in [0.15, 0.2) is 0 Å². The van der Waals surface area contributed by atoms with Crippen LogP contribution in [-0.4, -0.2) is 6.04 Å². The Morgan fingerprint density at radius 3 is 2.36 bits per heavy atom. The smallest absolute Gasteiger partial charge is 0.0348 e. The topological polar surface area (TPSA) is 12.0 Å². The molecule has 0 saturated heterocycles. The van der Waals surface area contributed by atoms with Gasteiger partial charge in [-0.2, -0.15) is 0 Å². The molecule has 0 heterocycles. The zero-order valence-electron chi connectivity index (χ0n) is 8.62. The van der Waals surface area contributed by atoms with Gasteiger partial charge in [-0.3, -0.25) is 0 Å². The highest BCUT2D eigenvalue weighted by Gasteiger charge is 1.96. The number of anilines is 1. The van der Waals surface area contributed by atoms with Gasteiger partial charge >= 0.3 is 0 Å². The molecule has 2 aromatic carbocycles. The van der Waals surface area contributed by atoms with Crippen molar-refractivity contribution in [2.45, 2.75) is 19.9 Å². The van der Waals surface area contributed by atoms with E-state index in [1.54, 1.807) is 0 Å². The van der Waals surface area contributed by atoms with Gasteiger partial charge in [-0.15, -0.1) is 0 Å². The van der Waals surface area contributed by atoms with Crippen molar-refractivity contribution >= 4 is 16.5 Å². The van der Waals surface area contributed by atoms with E-state index in [4.69, 9.17) is 0 Å². The third kappa shape index (κ3) is 1.87. The molecule has 0 fully saturated rings. The molecule has 0 aliphatic heterocycles. The molecule has 2 aromatic rings. The molecule has 1 N–H and O–H groups in total. The van der Waals surface area contributed by atoms with Gasteiger partial charge in [0.25, 0.3) is 0 Å². The Balaban J connectivity index is 2.41. The van der Waals surface area contributed by atoms with Crippen LogP contribution in [0.4, 0.5) is 5.69 Å². The van der Waals surface area contributed by atoms with Crippen molar-refractivity contribution in [1.29, 1.82) is 0 Å². The lowest BCUT2D eigenvalue weighted by atomic mass is 10.1. The predicted molar refractivity (Wildman–Crippen MR) is 62.7 cm³/mol. The van der Waals surface area contributed by atoms with Gasteiger partial charge < -0.3 is 5.32 Å². The van der Waals surface area contributed by atoms with E-state index in [2.05, 4.69) is 61.6 Å². The van der Waals surface area contributed by atoms with Crippen molar-refractivity contribution < 1.29 is 0 Å². The van der Waals surface area contributed by atoms with E-state index in [-0.39, 0.29) is 0 Å². The minimum Gasteiger partial charge on any atom is -0.383 e. The molecular weight excluding hydrogens is 170 g/mol. The van der Waals surface area contributed by atoms with E-state index < -0.39 is 0 Å². The summed E-state index contributed by atoms with van der Waals surface area (Å²) in [5, 5.41) is 5.98. The third-order valence-corrected chi connectivity index (χ3v) is 2.20. The number of nitrogens with one attached hydrogen (secondary N) is 1. The largest absolute Gasteiger partial charge is 0.383 e. The summed E-state index contributed by atoms with van der Waals surface area (Å²) < 4.78 is 0. The van der Waals surface area contributed by atoms with Gasteiger partial charge in [0.05, 0.1) is 0 Å². The molecule has 0 spiro atoms. The minimum absolute atomic E-state index is 0.483. The second-order valence-electron chi connectivity index (χ2n) is 3.86. The minimum atomic E-state index is 0.483. The van der Waals surface area contributed by atoms with E-state index in [9.17, 15) is 0 Å². The highest BCUT2D eigenvalue weighted by molar-refractivity contribution is 5.85. The summed E-state index contributed by atoms with van der Waals surface area (Å²) in [6.07, 6.45) is 0. The lowest BCUT2D eigenvalue weighted by molar-refractivity contribution is 0.900. The van der Waals surface area contributed by atoms with Crippen LogP contribution in [0.3, 0.4) is 0 Å². The van der Waals surface area contributed by atoms with Crippen LogP contribution in [-0.2, 0) is 0 Å². The molecule has 0 unspecified atom stereocenters. The van der Waals surface area contributed by atoms with Crippen LogP contribution in [0.1, 0.15) is 13.8 Å². The summed E-state index contributed by atoms with van der Waals surface area (Å²) in [5.41, 5.74) is 1.19. The molecule has 0 radical (unpaired) electrons. The lowest BCUT2D eigenvalue weighted by Gasteiger charge is -2.10. The molecule has 0 aromatic heterocycles. The number of benzene rings is 2. The quantitative estimate of drug-likeness (QED) is 0.752. The van der Waals surface area contributed by atoms with Gasteiger partial charge in [-0.1, -0.05) is 30.3 Å². The Kier molecular flexibility index (Phi) is 2.40. The maximum Gasteiger partial charge on any atom is 0.0348 e. The first-order valence-corrected chi connectivity index (χ1v) is 5.01. The average Bonchev–Trinajstić information content (AvgIpc) is 2.17. The fourth-order valence-corrected chi connectivity index (χ4v) is 1.61. The monoisotopic (exact) mass is 185 g/mol. The average molecular weight is 185 g/mol. The number of hydrogen-bond acceptors (Lipinski definition) is 1. The van der Waals surface area contributed by atoms with Gasteiger partial charge in [-0.25, -0.2) is 0 Å². The van der Waals surface area contributed by atoms with E-state index in [1.165, 1.54) is 16.5 Å². The molecule has 1 nitrogen and oxygen atoms in total. The summed E-state index contributed by atoms with van der Waals surface area (Å²) in [6, 6.07) is 15.4. The normalized spacial score (nSPS) is 10.8. The zero-order chi connectivity index (χ0) is 9.97. The second kappa shape index (κ2) is 3.70. The Labute approximate surface area is 84.8 Å². The van der Waals surface area contributed by atoms with E-state index >= 15 is 0 Å². The standard InChI is InChI=1S/C13H15N/c1-10(2)14-13-8-7-11-5-3-4-6-12(11)9-13/h3-10,14H,1-2H3. The molecule has 14 heavy (non-hydrogen) atoms. The first-order valence-electron chi connectivity index (χ1n) is 5.01. The molecule has 72 valence electrons. The summed E-state index contributed by atoms with van der Waals surface area (Å²) in [7, 11) is 0. The molecule has 1 heteroatoms. The van der Waals surface area contributed by atoms with Crippen molar-refractivity contribution in [3.63, 3.8) is 0 Å². The van der Waals surface area contributed by atoms with Gasteiger partial charge in [-0.05, 0) is 36.8 Å². The van der Waals surface area contributed by atoms with Crippen molar-refractivity contribution in [3.05, 3.63) is 42.5 Å². The molecule has 2 rings (SSSR count). The van der Waals surface area contributed by atoms with Crippen LogP contribution in [0.15, 0.2) is 42.5 Å². The third-order valence-electron chi connectivity index (χ3n) is 2.20. The Morgan fingerprint density at radius 2 is 1.64 bits per heavy atom. The molecule has 0 aliphatic rings. The maximum absolute atomic E-state index is 3.40. The van der Waals surface area contributed by atoms with E-state index in [0.717, 1.165) is 0 Å². The first kappa shape index (κ1) is 9.07. The first-order chi connectivity index (χ1) is 6.75. The van der Waals surface area contributed by atoms with E-state index in [0.29, 0.717) is 6.04 Å². The van der Waals surface area contributed by atoms with Gasteiger partial charge in [0.2, 0.25) is 0 Å². The van der Waals surface area contributed by atoms with Gasteiger partial charge in [0.1, 0.15) is 0 Å². The van der Waals surface area contributed by atoms with Crippen LogP contribution in [0, 0.1) is 0 Å². The van der Waals surface area contributed by atoms with Crippen LogP contribution in [0.2, 0.25) is 0 Å². The number of fused-ring (bicyclic) bond motifs is 1. The molecule has 0 bridgehead atoms. The Hall–Kier alpha value is -1.50. The zero-order valence-corrected chi connectivity index (χ0v) is 8.62. The van der Waals surface area contributed by atoms with Crippen LogP contribution in [0.5, 0.6) is 0 Å². The highest BCUT2D eigenvalue weighted by Crippen LogP contribution is 2.19. The molecule has 0 atom stereocenters. The van der Waals surface area contributed by atoms with Crippen molar-refractivity contribution in [2.24, 2.45) is 0 Å². The molecule has 0 aliphatic carbocycles. The van der Waals surface area contributed by atoms with Crippen LogP contribution in [0.25, 0.3) is 10.8 Å². The second-order valence-corrected chi connectivity index (χ2v) is 3.86. The summed E-state index contributed by atoms with van der Waals surface area (Å²) in [5.74, 6) is 0. The molecule has 0 saturated carbocycles. The van der Waals surface area contributed by atoms with Crippen molar-refractivity contribution in [1.82, 2.24) is 0 Å². The van der Waals surface area contributed by atoms with Crippen LogP contribution < -0.4 is 5.32 Å². The SMILES string of the molecule is CC(C)Nc1ccc2ccccc2c1. The van der Waals surface area contributed by atoms with Crippen molar-refractivity contribution in [3.8, 4) is 0 Å². The van der Waals surface area contributed by atoms with Crippen molar-refractivity contribution in [2.75, 3.05) is 5.32 Å². The Bertz CT molecular complexity index is 432. The molecular formula is C13H15N. The lowest BCUT2D eigenvalue weighted by Crippen LogP contribution is -2.09. The maximum atomic E-state index is 3.40. The highest BCUT2D eigenvalue weighted by atomic mass is 14.9. The fourth-order valence-electron chi connectivity index (χ4n) is 1.61. The fraction of sp³-hybridized carbons (Fsp3) is 0.231. The van der Waals surface area contributed by atoms with Crippen LogP contribution >= 0.6 is 0 Å². The number of rotatable bonds is 2. The summed E-state index contributed by atoms with van der Waals surface area (Å²) in [4.78, 5) is 0. The summed E-state index contributed by atoms with van der Waals surface area (Å²) in [6.45, 7) is 4.30. The predicted octanol–water partition coefficient (Wildman–Crippen LogP) is 3.66. The van der Waals surface area contributed by atoms with Gasteiger partial charge in [0, 0.05) is 11.7 Å². The molecule has 0 amide bonds. The number of hydrogen-bond donors (Lipinski definition) is 1.